The second-order valence-electron chi connectivity index (χ2n) is 4.22. The van der Waals surface area contributed by atoms with Crippen LogP contribution < -0.4 is 5.32 Å². The predicted molar refractivity (Wildman–Crippen MR) is 61.4 cm³/mol. The Kier molecular flexibility index (Phi) is 4.94. The number of amides is 1. The summed E-state index contributed by atoms with van der Waals surface area (Å²) in [5.74, 6) is -0.558. The molecule has 0 spiro atoms. The molecule has 0 radical (unpaired) electrons. The lowest BCUT2D eigenvalue weighted by Crippen LogP contribution is -2.50. The lowest BCUT2D eigenvalue weighted by Gasteiger charge is -2.24. The standard InChI is InChI=1S/C10H18N2O3S/c1-5-8(6-7-11)12-9(13)10(2,3)16(4,14)15/h8H,5-6H2,1-4H3,(H,12,13). The second-order valence-corrected chi connectivity index (χ2v) is 6.79. The summed E-state index contributed by atoms with van der Waals surface area (Å²) in [6.45, 7) is 4.54. The lowest BCUT2D eigenvalue weighted by atomic mass is 10.1. The van der Waals surface area contributed by atoms with Gasteiger partial charge in [0.15, 0.2) is 9.84 Å². The van der Waals surface area contributed by atoms with Crippen LogP contribution in [-0.4, -0.2) is 31.4 Å². The van der Waals surface area contributed by atoms with E-state index >= 15 is 0 Å². The van der Waals surface area contributed by atoms with Crippen molar-refractivity contribution >= 4 is 15.7 Å². The molecule has 0 saturated heterocycles. The fourth-order valence-electron chi connectivity index (χ4n) is 0.935. The van der Waals surface area contributed by atoms with Crippen LogP contribution in [0.1, 0.15) is 33.6 Å². The molecule has 0 saturated carbocycles. The molecule has 16 heavy (non-hydrogen) atoms. The molecule has 1 N–H and O–H groups in total. The van der Waals surface area contributed by atoms with Crippen LogP contribution in [-0.2, 0) is 14.6 Å². The van der Waals surface area contributed by atoms with Crippen LogP contribution in [0.5, 0.6) is 0 Å². The zero-order valence-corrected chi connectivity index (χ0v) is 10.9. The van der Waals surface area contributed by atoms with E-state index in [1.807, 2.05) is 13.0 Å². The lowest BCUT2D eigenvalue weighted by molar-refractivity contribution is -0.123. The van der Waals surface area contributed by atoms with Gasteiger partial charge in [0.25, 0.3) is 0 Å². The average Bonchev–Trinajstić information content (AvgIpc) is 2.15. The zero-order chi connectivity index (χ0) is 13.0. The van der Waals surface area contributed by atoms with E-state index in [1.54, 1.807) is 0 Å². The highest BCUT2D eigenvalue weighted by atomic mass is 32.2. The van der Waals surface area contributed by atoms with Gasteiger partial charge in [-0.15, -0.1) is 0 Å². The van der Waals surface area contributed by atoms with E-state index in [-0.39, 0.29) is 12.5 Å². The van der Waals surface area contributed by atoms with Crippen molar-refractivity contribution in [3.05, 3.63) is 0 Å². The summed E-state index contributed by atoms with van der Waals surface area (Å²) in [6, 6.07) is 1.66. The second kappa shape index (κ2) is 5.30. The molecule has 5 nitrogen and oxygen atoms in total. The molecular formula is C10H18N2O3S. The predicted octanol–water partition coefficient (Wildman–Crippen LogP) is 0.618. The SMILES string of the molecule is CCC(CC#N)NC(=O)C(C)(C)S(C)(=O)=O. The molecule has 0 aromatic carbocycles. The van der Waals surface area contributed by atoms with Crippen molar-refractivity contribution in [2.24, 2.45) is 0 Å². The largest absolute Gasteiger partial charge is 0.351 e. The van der Waals surface area contributed by atoms with Gasteiger partial charge in [0.1, 0.15) is 4.75 Å². The fourth-order valence-corrected chi connectivity index (χ4v) is 1.33. The van der Waals surface area contributed by atoms with Crippen molar-refractivity contribution in [1.82, 2.24) is 5.32 Å². The first kappa shape index (κ1) is 14.9. The van der Waals surface area contributed by atoms with Crippen molar-refractivity contribution in [2.75, 3.05) is 6.26 Å². The number of hydrogen-bond donors (Lipinski definition) is 1. The Hall–Kier alpha value is -1.09. The molecule has 6 heteroatoms. The van der Waals surface area contributed by atoms with Gasteiger partial charge in [0.05, 0.1) is 12.5 Å². The summed E-state index contributed by atoms with van der Waals surface area (Å²) in [5.41, 5.74) is 0. The van der Waals surface area contributed by atoms with Gasteiger partial charge in [-0.1, -0.05) is 6.92 Å². The van der Waals surface area contributed by atoms with Gasteiger partial charge in [0, 0.05) is 12.3 Å². The number of nitriles is 1. The summed E-state index contributed by atoms with van der Waals surface area (Å²) < 4.78 is 21.3. The number of rotatable bonds is 5. The van der Waals surface area contributed by atoms with Crippen molar-refractivity contribution in [3.63, 3.8) is 0 Å². The highest BCUT2D eigenvalue weighted by molar-refractivity contribution is 7.92. The van der Waals surface area contributed by atoms with Crippen molar-refractivity contribution < 1.29 is 13.2 Å². The Morgan fingerprint density at radius 3 is 2.31 bits per heavy atom. The van der Waals surface area contributed by atoms with E-state index < -0.39 is 20.5 Å². The Morgan fingerprint density at radius 1 is 1.50 bits per heavy atom. The minimum Gasteiger partial charge on any atom is -0.351 e. The number of sulfone groups is 1. The molecule has 1 unspecified atom stereocenters. The van der Waals surface area contributed by atoms with Crippen LogP contribution in [0.3, 0.4) is 0 Å². The summed E-state index contributed by atoms with van der Waals surface area (Å²) in [6.07, 6.45) is 1.80. The third-order valence-electron chi connectivity index (χ3n) is 2.64. The average molecular weight is 246 g/mol. The molecule has 0 aliphatic rings. The van der Waals surface area contributed by atoms with Crippen LogP contribution in [0, 0.1) is 11.3 Å². The van der Waals surface area contributed by atoms with Gasteiger partial charge >= 0.3 is 0 Å². The van der Waals surface area contributed by atoms with Gasteiger partial charge in [-0.3, -0.25) is 4.79 Å². The van der Waals surface area contributed by atoms with Crippen LogP contribution >= 0.6 is 0 Å². The normalized spacial score (nSPS) is 13.9. The number of carbonyl (C=O) groups excluding carboxylic acids is 1. The van der Waals surface area contributed by atoms with E-state index in [4.69, 9.17) is 5.26 Å². The Labute approximate surface area is 96.8 Å². The van der Waals surface area contributed by atoms with Gasteiger partial charge in [0.2, 0.25) is 5.91 Å². The summed E-state index contributed by atoms with van der Waals surface area (Å²) in [7, 11) is -3.47. The molecule has 0 aliphatic heterocycles. The van der Waals surface area contributed by atoms with E-state index in [2.05, 4.69) is 5.32 Å². The molecule has 0 aromatic heterocycles. The van der Waals surface area contributed by atoms with Gasteiger partial charge < -0.3 is 5.32 Å². The third kappa shape index (κ3) is 3.49. The fraction of sp³-hybridized carbons (Fsp3) is 0.800. The van der Waals surface area contributed by atoms with Crippen LogP contribution in [0.2, 0.25) is 0 Å². The van der Waals surface area contributed by atoms with E-state index in [9.17, 15) is 13.2 Å². The molecule has 1 atom stereocenters. The third-order valence-corrected chi connectivity index (χ3v) is 4.68. The first-order valence-electron chi connectivity index (χ1n) is 5.04. The topological polar surface area (TPSA) is 87.0 Å². The minimum absolute atomic E-state index is 0.183. The number of nitrogens with zero attached hydrogens (tertiary/aromatic N) is 1. The highest BCUT2D eigenvalue weighted by Gasteiger charge is 2.38. The molecule has 0 rings (SSSR count). The van der Waals surface area contributed by atoms with E-state index in [0.717, 1.165) is 6.26 Å². The summed E-state index contributed by atoms with van der Waals surface area (Å²) in [5, 5.41) is 11.1. The molecule has 0 aliphatic carbocycles. The van der Waals surface area contributed by atoms with Crippen molar-refractivity contribution in [3.8, 4) is 6.07 Å². The van der Waals surface area contributed by atoms with E-state index in [0.29, 0.717) is 6.42 Å². The minimum atomic E-state index is -3.47. The quantitative estimate of drug-likeness (QED) is 0.770. The molecular weight excluding hydrogens is 228 g/mol. The molecule has 0 fully saturated rings. The first-order valence-corrected chi connectivity index (χ1v) is 6.93. The zero-order valence-electron chi connectivity index (χ0n) is 10.1. The van der Waals surface area contributed by atoms with Gasteiger partial charge in [-0.25, -0.2) is 8.42 Å². The smallest absolute Gasteiger partial charge is 0.241 e. The molecule has 0 aromatic rings. The Balaban J connectivity index is 4.78. The molecule has 92 valence electrons. The van der Waals surface area contributed by atoms with Crippen LogP contribution in [0.25, 0.3) is 0 Å². The highest BCUT2D eigenvalue weighted by Crippen LogP contribution is 2.15. The number of nitrogens with one attached hydrogen (secondary N) is 1. The van der Waals surface area contributed by atoms with Crippen LogP contribution in [0.15, 0.2) is 0 Å². The van der Waals surface area contributed by atoms with E-state index in [1.165, 1.54) is 13.8 Å². The number of hydrogen-bond acceptors (Lipinski definition) is 4. The number of carbonyl (C=O) groups is 1. The maximum Gasteiger partial charge on any atom is 0.241 e. The van der Waals surface area contributed by atoms with Crippen molar-refractivity contribution in [1.29, 1.82) is 5.26 Å². The molecule has 1 amide bonds. The Bertz CT molecular complexity index is 393. The summed E-state index contributed by atoms with van der Waals surface area (Å²) in [4.78, 5) is 11.8. The van der Waals surface area contributed by atoms with Gasteiger partial charge in [-0.2, -0.15) is 5.26 Å². The van der Waals surface area contributed by atoms with Gasteiger partial charge in [-0.05, 0) is 20.3 Å². The maximum absolute atomic E-state index is 11.8. The maximum atomic E-state index is 11.8. The Morgan fingerprint density at radius 2 is 2.00 bits per heavy atom. The summed E-state index contributed by atoms with van der Waals surface area (Å²) >= 11 is 0. The van der Waals surface area contributed by atoms with Crippen molar-refractivity contribution in [2.45, 2.75) is 44.4 Å². The molecule has 0 bridgehead atoms. The molecule has 0 heterocycles. The first-order chi connectivity index (χ1) is 7.16. The monoisotopic (exact) mass is 246 g/mol. The van der Waals surface area contributed by atoms with Crippen LogP contribution in [0.4, 0.5) is 0 Å².